The summed E-state index contributed by atoms with van der Waals surface area (Å²) in [7, 11) is 0. The Balaban J connectivity index is 1.79. The Kier molecular flexibility index (Phi) is 11.5. The SMILES string of the molecule is CCN(CC)CCN(c1ccc(NC(=N)c2cccs2)cc1N)C(I)Cc1ccc(N(CC)CC)cc1. The second-order valence-corrected chi connectivity index (χ2v) is 11.3. The Bertz CT molecular complexity index is 1090. The molecule has 0 radical (unpaired) electrons. The predicted octanol–water partition coefficient (Wildman–Crippen LogP) is 6.77. The molecule has 0 aliphatic rings. The van der Waals surface area contributed by atoms with Gasteiger partial charge in [-0.2, -0.15) is 0 Å². The smallest absolute Gasteiger partial charge is 0.140 e. The van der Waals surface area contributed by atoms with Crippen LogP contribution in [0.25, 0.3) is 0 Å². The van der Waals surface area contributed by atoms with E-state index in [9.17, 15) is 0 Å². The molecule has 0 fully saturated rings. The summed E-state index contributed by atoms with van der Waals surface area (Å²) >= 11 is 4.11. The minimum absolute atomic E-state index is 0.248. The molecular formula is C29H41IN6S. The van der Waals surface area contributed by atoms with E-state index in [4.69, 9.17) is 11.1 Å². The molecule has 4 N–H and O–H groups in total. The van der Waals surface area contributed by atoms with E-state index < -0.39 is 0 Å². The van der Waals surface area contributed by atoms with E-state index >= 15 is 0 Å². The zero-order chi connectivity index (χ0) is 26.8. The topological polar surface area (TPSA) is 71.6 Å². The summed E-state index contributed by atoms with van der Waals surface area (Å²) in [6.07, 6.45) is 0.930. The first-order valence-corrected chi connectivity index (χ1v) is 15.3. The van der Waals surface area contributed by atoms with E-state index in [2.05, 4.69) is 101 Å². The number of halogens is 1. The van der Waals surface area contributed by atoms with Gasteiger partial charge in [-0.15, -0.1) is 11.3 Å². The van der Waals surface area contributed by atoms with Crippen molar-refractivity contribution in [2.75, 3.05) is 60.1 Å². The lowest BCUT2D eigenvalue weighted by Gasteiger charge is -2.33. The minimum atomic E-state index is 0.248. The molecule has 0 aliphatic heterocycles. The van der Waals surface area contributed by atoms with E-state index in [0.29, 0.717) is 5.84 Å². The van der Waals surface area contributed by atoms with Crippen LogP contribution in [-0.4, -0.2) is 54.1 Å². The number of amidine groups is 1. The molecule has 1 unspecified atom stereocenters. The fraction of sp³-hybridized carbons (Fsp3) is 0.414. The third-order valence-electron chi connectivity index (χ3n) is 6.73. The van der Waals surface area contributed by atoms with Gasteiger partial charge in [0.1, 0.15) is 5.84 Å². The fourth-order valence-corrected chi connectivity index (χ4v) is 6.17. The van der Waals surface area contributed by atoms with E-state index in [-0.39, 0.29) is 4.05 Å². The van der Waals surface area contributed by atoms with Crippen molar-refractivity contribution in [3.63, 3.8) is 0 Å². The van der Waals surface area contributed by atoms with Gasteiger partial charge in [0, 0.05) is 44.0 Å². The monoisotopic (exact) mass is 632 g/mol. The molecule has 37 heavy (non-hydrogen) atoms. The van der Waals surface area contributed by atoms with Crippen LogP contribution in [0.3, 0.4) is 0 Å². The first-order chi connectivity index (χ1) is 17.9. The number of nitrogens with two attached hydrogens (primary N) is 1. The number of nitrogen functional groups attached to an aromatic ring is 1. The molecule has 1 heterocycles. The normalized spacial score (nSPS) is 11.9. The number of alkyl halides is 1. The Morgan fingerprint density at radius 3 is 2.24 bits per heavy atom. The molecule has 200 valence electrons. The van der Waals surface area contributed by atoms with Crippen LogP contribution in [0.15, 0.2) is 60.0 Å². The third-order valence-corrected chi connectivity index (χ3v) is 8.73. The van der Waals surface area contributed by atoms with Crippen LogP contribution in [0.1, 0.15) is 38.1 Å². The molecule has 3 aromatic rings. The molecule has 0 aliphatic carbocycles. The van der Waals surface area contributed by atoms with Gasteiger partial charge in [-0.3, -0.25) is 5.41 Å². The van der Waals surface area contributed by atoms with Crippen molar-refractivity contribution in [3.05, 3.63) is 70.4 Å². The summed E-state index contributed by atoms with van der Waals surface area (Å²) < 4.78 is 0.248. The summed E-state index contributed by atoms with van der Waals surface area (Å²) in [5.74, 6) is 0.389. The summed E-state index contributed by atoms with van der Waals surface area (Å²) in [6.45, 7) is 14.8. The van der Waals surface area contributed by atoms with Crippen LogP contribution in [0.4, 0.5) is 22.7 Å². The van der Waals surface area contributed by atoms with Crippen LogP contribution < -0.4 is 20.9 Å². The van der Waals surface area contributed by atoms with Gasteiger partial charge in [0.2, 0.25) is 0 Å². The maximum Gasteiger partial charge on any atom is 0.140 e. The van der Waals surface area contributed by atoms with Crippen molar-refractivity contribution in [2.45, 2.75) is 38.2 Å². The Morgan fingerprint density at radius 2 is 1.68 bits per heavy atom. The predicted molar refractivity (Wildman–Crippen MR) is 172 cm³/mol. The number of nitrogens with one attached hydrogen (secondary N) is 2. The molecule has 8 heteroatoms. The maximum absolute atomic E-state index is 8.35. The van der Waals surface area contributed by atoms with E-state index in [1.54, 1.807) is 11.3 Å². The minimum Gasteiger partial charge on any atom is -0.397 e. The number of nitrogens with zero attached hydrogens (tertiary/aromatic N) is 3. The molecule has 0 spiro atoms. The highest BCUT2D eigenvalue weighted by atomic mass is 127. The van der Waals surface area contributed by atoms with E-state index in [1.165, 1.54) is 11.3 Å². The van der Waals surface area contributed by atoms with Gasteiger partial charge in [-0.1, -0.05) is 54.6 Å². The van der Waals surface area contributed by atoms with Crippen molar-refractivity contribution < 1.29 is 0 Å². The molecular weight excluding hydrogens is 591 g/mol. The van der Waals surface area contributed by atoms with Gasteiger partial charge in [0.05, 0.1) is 20.3 Å². The van der Waals surface area contributed by atoms with Crippen molar-refractivity contribution in [3.8, 4) is 0 Å². The van der Waals surface area contributed by atoms with Crippen LogP contribution in [0, 0.1) is 5.41 Å². The average Bonchev–Trinajstić information content (AvgIpc) is 3.44. The molecule has 0 bridgehead atoms. The standard InChI is InChI=1S/C29H41IN6S/c1-5-34(6-2)17-18-36(28(30)20-22-11-14-24(15-12-22)35(7-3)8-4)26-16-13-23(21-25(26)31)33-29(32)27-10-9-19-37-27/h9-16,19,21,28H,5-8,17-18,20,31H2,1-4H3,(H2,32,33). The van der Waals surface area contributed by atoms with E-state index in [0.717, 1.165) is 67.6 Å². The van der Waals surface area contributed by atoms with Gasteiger partial charge < -0.3 is 25.8 Å². The Labute approximate surface area is 240 Å². The molecule has 0 saturated heterocycles. The second kappa shape index (κ2) is 14.6. The number of thiophene rings is 1. The first kappa shape index (κ1) is 29.3. The van der Waals surface area contributed by atoms with Gasteiger partial charge in [-0.05, 0) is 74.3 Å². The Hall–Kier alpha value is -2.30. The number of hydrogen-bond acceptors (Lipinski definition) is 6. The average molecular weight is 633 g/mol. The molecule has 0 saturated carbocycles. The second-order valence-electron chi connectivity index (χ2n) is 8.95. The highest BCUT2D eigenvalue weighted by molar-refractivity contribution is 14.1. The maximum atomic E-state index is 8.35. The molecule has 1 atom stereocenters. The number of hydrogen-bond donors (Lipinski definition) is 3. The zero-order valence-electron chi connectivity index (χ0n) is 22.5. The lowest BCUT2D eigenvalue weighted by molar-refractivity contribution is 0.309. The van der Waals surface area contributed by atoms with Gasteiger partial charge >= 0.3 is 0 Å². The van der Waals surface area contributed by atoms with Crippen LogP contribution >= 0.6 is 33.9 Å². The quantitative estimate of drug-likeness (QED) is 0.0458. The van der Waals surface area contributed by atoms with Crippen molar-refractivity contribution in [2.24, 2.45) is 0 Å². The first-order valence-electron chi connectivity index (χ1n) is 13.2. The van der Waals surface area contributed by atoms with Crippen molar-refractivity contribution in [1.82, 2.24) is 4.90 Å². The lowest BCUT2D eigenvalue weighted by Crippen LogP contribution is -2.40. The number of anilines is 4. The molecule has 2 aromatic carbocycles. The zero-order valence-corrected chi connectivity index (χ0v) is 25.5. The molecule has 6 nitrogen and oxygen atoms in total. The van der Waals surface area contributed by atoms with Crippen LogP contribution in [-0.2, 0) is 6.42 Å². The number of likely N-dealkylation sites (N-methyl/N-ethyl adjacent to an activating group) is 1. The summed E-state index contributed by atoms with van der Waals surface area (Å²) in [5.41, 5.74) is 11.8. The lowest BCUT2D eigenvalue weighted by atomic mass is 10.1. The summed E-state index contributed by atoms with van der Waals surface area (Å²) in [6, 6.07) is 19.0. The summed E-state index contributed by atoms with van der Waals surface area (Å²) in [4.78, 5) is 8.16. The molecule has 1 aromatic heterocycles. The third kappa shape index (κ3) is 8.09. The largest absolute Gasteiger partial charge is 0.397 e. The van der Waals surface area contributed by atoms with Crippen LogP contribution in [0.2, 0.25) is 0 Å². The van der Waals surface area contributed by atoms with Crippen molar-refractivity contribution >= 4 is 62.5 Å². The molecule has 3 rings (SSSR count). The van der Waals surface area contributed by atoms with Gasteiger partial charge in [0.15, 0.2) is 0 Å². The highest BCUT2D eigenvalue weighted by Gasteiger charge is 2.20. The number of rotatable bonds is 14. The van der Waals surface area contributed by atoms with Gasteiger partial charge in [0.25, 0.3) is 0 Å². The number of benzene rings is 2. The van der Waals surface area contributed by atoms with Crippen molar-refractivity contribution in [1.29, 1.82) is 5.41 Å². The van der Waals surface area contributed by atoms with E-state index in [1.807, 2.05) is 29.6 Å². The fourth-order valence-electron chi connectivity index (χ4n) is 4.46. The highest BCUT2D eigenvalue weighted by Crippen LogP contribution is 2.31. The summed E-state index contributed by atoms with van der Waals surface area (Å²) in [5, 5.41) is 13.5. The molecule has 0 amide bonds. The van der Waals surface area contributed by atoms with Gasteiger partial charge in [-0.25, -0.2) is 0 Å². The Morgan fingerprint density at radius 1 is 0.973 bits per heavy atom. The van der Waals surface area contributed by atoms with Crippen LogP contribution in [0.5, 0.6) is 0 Å².